The molecular weight excluding hydrogens is 400 g/mol. The minimum atomic E-state index is 0.577. The van der Waals surface area contributed by atoms with Crippen molar-refractivity contribution in [1.29, 1.82) is 0 Å². The molecule has 4 aromatic rings. The van der Waals surface area contributed by atoms with Crippen molar-refractivity contribution in [2.45, 2.75) is 0 Å². The van der Waals surface area contributed by atoms with Gasteiger partial charge in [-0.2, -0.15) is 0 Å². The van der Waals surface area contributed by atoms with Gasteiger partial charge < -0.3 is 15.0 Å². The SMILES string of the molecule is CNc1cc(-c2cncc(-c3ccc(N4CCOCC4)cc3)c2)nc(-c2ccccn2)n1. The van der Waals surface area contributed by atoms with Crippen LogP contribution in [0.25, 0.3) is 33.9 Å². The second-order valence-electron chi connectivity index (χ2n) is 7.54. The van der Waals surface area contributed by atoms with E-state index in [1.807, 2.05) is 43.7 Å². The number of nitrogens with one attached hydrogen (secondary N) is 1. The summed E-state index contributed by atoms with van der Waals surface area (Å²) in [6, 6.07) is 18.4. The molecule has 0 radical (unpaired) electrons. The number of hydrogen-bond donors (Lipinski definition) is 1. The third-order valence-corrected chi connectivity index (χ3v) is 5.49. The summed E-state index contributed by atoms with van der Waals surface area (Å²) in [5.74, 6) is 1.31. The molecule has 0 spiro atoms. The van der Waals surface area contributed by atoms with Gasteiger partial charge in [0.1, 0.15) is 11.5 Å². The zero-order valence-electron chi connectivity index (χ0n) is 17.9. The minimum Gasteiger partial charge on any atom is -0.378 e. The van der Waals surface area contributed by atoms with Gasteiger partial charge in [-0.15, -0.1) is 0 Å². The first-order valence-corrected chi connectivity index (χ1v) is 10.7. The monoisotopic (exact) mass is 424 g/mol. The van der Waals surface area contributed by atoms with Crippen LogP contribution < -0.4 is 10.2 Å². The molecule has 160 valence electrons. The van der Waals surface area contributed by atoms with E-state index in [1.165, 1.54) is 5.69 Å². The van der Waals surface area contributed by atoms with Crippen LogP contribution >= 0.6 is 0 Å². The lowest BCUT2D eigenvalue weighted by atomic mass is 10.0. The maximum atomic E-state index is 5.45. The van der Waals surface area contributed by atoms with Crippen LogP contribution in [0.15, 0.2) is 73.2 Å². The Kier molecular flexibility index (Phi) is 5.72. The summed E-state index contributed by atoms with van der Waals surface area (Å²) < 4.78 is 5.45. The summed E-state index contributed by atoms with van der Waals surface area (Å²) in [6.45, 7) is 3.41. The fourth-order valence-electron chi connectivity index (χ4n) is 3.76. The second kappa shape index (κ2) is 9.11. The van der Waals surface area contributed by atoms with Gasteiger partial charge in [0, 0.05) is 61.6 Å². The van der Waals surface area contributed by atoms with Crippen molar-refractivity contribution >= 4 is 11.5 Å². The highest BCUT2D eigenvalue weighted by Crippen LogP contribution is 2.28. The molecule has 0 unspecified atom stereocenters. The Balaban J connectivity index is 1.46. The first-order valence-electron chi connectivity index (χ1n) is 10.7. The lowest BCUT2D eigenvalue weighted by Gasteiger charge is -2.28. The number of anilines is 2. The molecule has 0 bridgehead atoms. The van der Waals surface area contributed by atoms with Crippen molar-refractivity contribution in [3.63, 3.8) is 0 Å². The van der Waals surface area contributed by atoms with E-state index in [1.54, 1.807) is 6.20 Å². The standard InChI is InChI=1S/C25H24N6O/c1-26-24-15-23(29-25(30-24)22-4-2-3-9-28-22)20-14-19(16-27-17-20)18-5-7-21(8-6-18)31-10-12-32-13-11-31/h2-9,14-17H,10-13H2,1H3,(H,26,29,30). The van der Waals surface area contributed by atoms with Gasteiger partial charge in [-0.25, -0.2) is 9.97 Å². The zero-order valence-corrected chi connectivity index (χ0v) is 17.9. The Bertz CT molecular complexity index is 1190. The molecule has 1 fully saturated rings. The number of aromatic nitrogens is 4. The average Bonchev–Trinajstić information content (AvgIpc) is 2.89. The third kappa shape index (κ3) is 4.29. The van der Waals surface area contributed by atoms with Gasteiger partial charge >= 0.3 is 0 Å². The summed E-state index contributed by atoms with van der Waals surface area (Å²) in [5.41, 5.74) is 5.83. The van der Waals surface area contributed by atoms with E-state index in [2.05, 4.69) is 55.5 Å². The second-order valence-corrected chi connectivity index (χ2v) is 7.54. The van der Waals surface area contributed by atoms with Gasteiger partial charge in [0.2, 0.25) is 0 Å². The number of pyridine rings is 2. The van der Waals surface area contributed by atoms with E-state index >= 15 is 0 Å². The number of ether oxygens (including phenoxy) is 1. The molecule has 0 aliphatic carbocycles. The maximum absolute atomic E-state index is 5.45. The predicted molar refractivity (Wildman–Crippen MR) is 127 cm³/mol. The predicted octanol–water partition coefficient (Wildman–Crippen LogP) is 4.15. The summed E-state index contributed by atoms with van der Waals surface area (Å²) in [7, 11) is 1.85. The molecule has 3 aromatic heterocycles. The van der Waals surface area contributed by atoms with Gasteiger partial charge in [-0.3, -0.25) is 9.97 Å². The molecule has 1 aromatic carbocycles. The van der Waals surface area contributed by atoms with Crippen LogP contribution in [0.4, 0.5) is 11.5 Å². The van der Waals surface area contributed by atoms with Crippen molar-refractivity contribution in [2.24, 2.45) is 0 Å². The van der Waals surface area contributed by atoms with Crippen molar-refractivity contribution in [3.05, 3.63) is 73.2 Å². The number of benzene rings is 1. The first kappa shape index (κ1) is 20.1. The van der Waals surface area contributed by atoms with E-state index < -0.39 is 0 Å². The van der Waals surface area contributed by atoms with E-state index in [-0.39, 0.29) is 0 Å². The number of hydrogen-bond acceptors (Lipinski definition) is 7. The molecule has 0 atom stereocenters. The van der Waals surface area contributed by atoms with Gasteiger partial charge in [-0.05, 0) is 35.9 Å². The van der Waals surface area contributed by atoms with E-state index in [4.69, 9.17) is 9.72 Å². The van der Waals surface area contributed by atoms with Crippen molar-refractivity contribution in [3.8, 4) is 33.9 Å². The molecule has 4 heterocycles. The van der Waals surface area contributed by atoms with Crippen LogP contribution in [-0.4, -0.2) is 53.3 Å². The lowest BCUT2D eigenvalue weighted by Crippen LogP contribution is -2.36. The molecule has 5 rings (SSSR count). The van der Waals surface area contributed by atoms with Crippen LogP contribution in [0.5, 0.6) is 0 Å². The van der Waals surface area contributed by atoms with Crippen LogP contribution in [0.1, 0.15) is 0 Å². The summed E-state index contributed by atoms with van der Waals surface area (Å²) in [6.07, 6.45) is 5.45. The Hall–Kier alpha value is -3.84. The summed E-state index contributed by atoms with van der Waals surface area (Å²) in [5, 5.41) is 3.12. The molecule has 7 heteroatoms. The fraction of sp³-hybridized carbons (Fsp3) is 0.200. The van der Waals surface area contributed by atoms with Crippen LogP contribution in [0, 0.1) is 0 Å². The Labute approximate surface area is 187 Å². The van der Waals surface area contributed by atoms with Gasteiger partial charge in [0.15, 0.2) is 5.82 Å². The third-order valence-electron chi connectivity index (χ3n) is 5.49. The molecule has 1 aliphatic heterocycles. The zero-order chi connectivity index (χ0) is 21.8. The average molecular weight is 425 g/mol. The quantitative estimate of drug-likeness (QED) is 0.516. The topological polar surface area (TPSA) is 76.1 Å². The van der Waals surface area contributed by atoms with E-state index in [9.17, 15) is 0 Å². The normalized spacial score (nSPS) is 13.7. The molecule has 1 saturated heterocycles. The Morgan fingerprint density at radius 3 is 2.41 bits per heavy atom. The molecule has 0 saturated carbocycles. The van der Waals surface area contributed by atoms with E-state index in [0.717, 1.165) is 60.2 Å². The Morgan fingerprint density at radius 2 is 1.66 bits per heavy atom. The molecule has 0 amide bonds. The Morgan fingerprint density at radius 1 is 0.844 bits per heavy atom. The van der Waals surface area contributed by atoms with Gasteiger partial charge in [0.05, 0.1) is 18.9 Å². The van der Waals surface area contributed by atoms with Gasteiger partial charge in [-0.1, -0.05) is 18.2 Å². The molecule has 32 heavy (non-hydrogen) atoms. The largest absolute Gasteiger partial charge is 0.378 e. The van der Waals surface area contributed by atoms with Crippen molar-refractivity contribution < 1.29 is 4.74 Å². The lowest BCUT2D eigenvalue weighted by molar-refractivity contribution is 0.122. The highest BCUT2D eigenvalue weighted by molar-refractivity contribution is 5.73. The minimum absolute atomic E-state index is 0.577. The molecule has 1 N–H and O–H groups in total. The summed E-state index contributed by atoms with van der Waals surface area (Å²) >= 11 is 0. The number of nitrogens with zero attached hydrogens (tertiary/aromatic N) is 5. The van der Waals surface area contributed by atoms with E-state index in [0.29, 0.717) is 5.82 Å². The van der Waals surface area contributed by atoms with Crippen molar-refractivity contribution in [1.82, 2.24) is 19.9 Å². The summed E-state index contributed by atoms with van der Waals surface area (Å²) in [4.78, 5) is 20.5. The number of morpholine rings is 1. The van der Waals surface area contributed by atoms with Crippen LogP contribution in [0.2, 0.25) is 0 Å². The first-order chi connectivity index (χ1) is 15.8. The molecule has 7 nitrogen and oxygen atoms in total. The van der Waals surface area contributed by atoms with Crippen molar-refractivity contribution in [2.75, 3.05) is 43.6 Å². The van der Waals surface area contributed by atoms with Gasteiger partial charge in [0.25, 0.3) is 0 Å². The molecule has 1 aliphatic rings. The fourth-order valence-corrected chi connectivity index (χ4v) is 3.76. The van der Waals surface area contributed by atoms with Crippen LogP contribution in [-0.2, 0) is 4.74 Å². The smallest absolute Gasteiger partial charge is 0.180 e. The highest BCUT2D eigenvalue weighted by Gasteiger charge is 2.13. The number of rotatable bonds is 5. The molecular formula is C25H24N6O. The maximum Gasteiger partial charge on any atom is 0.180 e. The van der Waals surface area contributed by atoms with Crippen LogP contribution in [0.3, 0.4) is 0 Å². The highest BCUT2D eigenvalue weighted by atomic mass is 16.5.